The summed E-state index contributed by atoms with van der Waals surface area (Å²) in [4.78, 5) is 13.2. The van der Waals surface area contributed by atoms with Gasteiger partial charge in [0.05, 0.1) is 17.2 Å². The fraction of sp³-hybridized carbons (Fsp3) is 0.381. The number of carbonyl (C=O) groups excluding carboxylic acids is 1. The topological polar surface area (TPSA) is 75.7 Å². The maximum absolute atomic E-state index is 12.6. The van der Waals surface area contributed by atoms with E-state index in [1.807, 2.05) is 12.1 Å². The third-order valence-corrected chi connectivity index (χ3v) is 7.83. The van der Waals surface area contributed by atoms with Gasteiger partial charge in [-0.05, 0) is 61.4 Å². The Balaban J connectivity index is 1.38. The lowest BCUT2D eigenvalue weighted by Gasteiger charge is -2.25. The number of halogens is 1. The Hall–Kier alpha value is -1.74. The molecule has 0 unspecified atom stereocenters. The van der Waals surface area contributed by atoms with E-state index < -0.39 is 10.0 Å². The van der Waals surface area contributed by atoms with Gasteiger partial charge in [0, 0.05) is 23.0 Å². The van der Waals surface area contributed by atoms with Crippen LogP contribution in [0.15, 0.2) is 58.3 Å². The van der Waals surface area contributed by atoms with Gasteiger partial charge in [0.25, 0.3) is 0 Å². The zero-order valence-electron chi connectivity index (χ0n) is 16.6. The summed E-state index contributed by atoms with van der Waals surface area (Å²) in [5, 5.41) is 3.46. The highest BCUT2D eigenvalue weighted by atomic mass is 35.5. The molecule has 1 fully saturated rings. The SMILES string of the molecule is O=C(CSc1ccc(Cl)cc1)NCCOc1ccc(S(=O)(=O)N2CCCCC2)cc1. The third-order valence-electron chi connectivity index (χ3n) is 4.65. The highest BCUT2D eigenvalue weighted by Gasteiger charge is 2.25. The van der Waals surface area contributed by atoms with E-state index in [0.29, 0.717) is 42.8 Å². The molecule has 1 aliphatic heterocycles. The predicted molar refractivity (Wildman–Crippen MR) is 120 cm³/mol. The van der Waals surface area contributed by atoms with Crippen LogP contribution in [0.3, 0.4) is 0 Å². The van der Waals surface area contributed by atoms with Crippen molar-refractivity contribution in [3.8, 4) is 5.75 Å². The molecular formula is C21H25ClN2O4S2. The average molecular weight is 469 g/mol. The van der Waals surface area contributed by atoms with Crippen molar-refractivity contribution in [3.63, 3.8) is 0 Å². The molecule has 0 spiro atoms. The van der Waals surface area contributed by atoms with Gasteiger partial charge in [0.15, 0.2) is 0 Å². The minimum absolute atomic E-state index is 0.0819. The van der Waals surface area contributed by atoms with Crippen LogP contribution >= 0.6 is 23.4 Å². The number of rotatable bonds is 9. The Bertz CT molecular complexity index is 928. The molecular weight excluding hydrogens is 444 g/mol. The second kappa shape index (κ2) is 11.0. The van der Waals surface area contributed by atoms with Crippen molar-refractivity contribution in [3.05, 3.63) is 53.6 Å². The molecule has 162 valence electrons. The lowest BCUT2D eigenvalue weighted by Crippen LogP contribution is -2.35. The molecule has 0 bridgehead atoms. The number of carbonyl (C=O) groups is 1. The zero-order chi connectivity index (χ0) is 21.4. The number of hydrogen-bond acceptors (Lipinski definition) is 5. The number of sulfonamides is 1. The van der Waals surface area contributed by atoms with E-state index in [-0.39, 0.29) is 10.8 Å². The summed E-state index contributed by atoms with van der Waals surface area (Å²) in [7, 11) is -3.44. The molecule has 30 heavy (non-hydrogen) atoms. The second-order valence-corrected chi connectivity index (χ2v) is 10.3. The first kappa shape index (κ1) is 22.9. The molecule has 1 aliphatic rings. The van der Waals surface area contributed by atoms with Crippen LogP contribution < -0.4 is 10.1 Å². The van der Waals surface area contributed by atoms with Gasteiger partial charge in [-0.3, -0.25) is 4.79 Å². The average Bonchev–Trinajstić information content (AvgIpc) is 2.77. The monoisotopic (exact) mass is 468 g/mol. The molecule has 0 aliphatic carbocycles. The Labute approximate surface area is 187 Å². The molecule has 6 nitrogen and oxygen atoms in total. The molecule has 0 aromatic heterocycles. The number of nitrogens with zero attached hydrogens (tertiary/aromatic N) is 1. The fourth-order valence-electron chi connectivity index (χ4n) is 3.05. The van der Waals surface area contributed by atoms with Gasteiger partial charge >= 0.3 is 0 Å². The Kier molecular flexibility index (Phi) is 8.44. The molecule has 2 aromatic carbocycles. The number of ether oxygens (including phenoxy) is 1. The smallest absolute Gasteiger partial charge is 0.243 e. The van der Waals surface area contributed by atoms with Crippen molar-refractivity contribution in [1.29, 1.82) is 0 Å². The second-order valence-electron chi connectivity index (χ2n) is 6.88. The van der Waals surface area contributed by atoms with Crippen LogP contribution in [0.2, 0.25) is 5.02 Å². The summed E-state index contributed by atoms with van der Waals surface area (Å²) in [6, 6.07) is 13.8. The number of nitrogens with one attached hydrogen (secondary N) is 1. The molecule has 0 radical (unpaired) electrons. The van der Waals surface area contributed by atoms with Crippen molar-refractivity contribution in [2.45, 2.75) is 29.1 Å². The van der Waals surface area contributed by atoms with Crippen molar-refractivity contribution >= 4 is 39.3 Å². The highest BCUT2D eigenvalue weighted by molar-refractivity contribution is 8.00. The zero-order valence-corrected chi connectivity index (χ0v) is 18.9. The summed E-state index contributed by atoms with van der Waals surface area (Å²) in [5.41, 5.74) is 0. The lowest BCUT2D eigenvalue weighted by molar-refractivity contribution is -0.118. The number of hydrogen-bond donors (Lipinski definition) is 1. The fourth-order valence-corrected chi connectivity index (χ4v) is 5.42. The van der Waals surface area contributed by atoms with Crippen molar-refractivity contribution < 1.29 is 17.9 Å². The first-order chi connectivity index (χ1) is 14.4. The third kappa shape index (κ3) is 6.63. The first-order valence-electron chi connectivity index (χ1n) is 9.83. The summed E-state index contributed by atoms with van der Waals surface area (Å²) in [5.74, 6) is 0.795. The minimum Gasteiger partial charge on any atom is -0.492 e. The molecule has 1 N–H and O–H groups in total. The maximum Gasteiger partial charge on any atom is 0.243 e. The lowest BCUT2D eigenvalue weighted by atomic mass is 10.2. The Morgan fingerprint density at radius 1 is 1.03 bits per heavy atom. The Morgan fingerprint density at radius 3 is 2.37 bits per heavy atom. The molecule has 0 atom stereocenters. The van der Waals surface area contributed by atoms with Gasteiger partial charge in [0.1, 0.15) is 12.4 Å². The summed E-state index contributed by atoms with van der Waals surface area (Å²) in [6.07, 6.45) is 2.89. The van der Waals surface area contributed by atoms with E-state index in [2.05, 4.69) is 5.32 Å². The molecule has 1 saturated heterocycles. The molecule has 9 heteroatoms. The number of amides is 1. The summed E-state index contributed by atoms with van der Waals surface area (Å²) < 4.78 is 32.4. The first-order valence-corrected chi connectivity index (χ1v) is 12.6. The molecule has 0 saturated carbocycles. The van der Waals surface area contributed by atoms with E-state index in [9.17, 15) is 13.2 Å². The van der Waals surface area contributed by atoms with Crippen LogP contribution in [-0.4, -0.2) is 50.6 Å². The van der Waals surface area contributed by atoms with Gasteiger partial charge in [-0.15, -0.1) is 11.8 Å². The summed E-state index contributed by atoms with van der Waals surface area (Å²) in [6.45, 7) is 1.83. The van der Waals surface area contributed by atoms with Crippen LogP contribution in [-0.2, 0) is 14.8 Å². The van der Waals surface area contributed by atoms with Crippen LogP contribution in [0.4, 0.5) is 0 Å². The molecule has 2 aromatic rings. The maximum atomic E-state index is 12.6. The standard InChI is InChI=1S/C21H25ClN2O4S2/c22-17-4-8-19(9-5-17)29-16-21(25)23-12-15-28-18-6-10-20(11-7-18)30(26,27)24-13-2-1-3-14-24/h4-11H,1-3,12-16H2,(H,23,25). The molecule has 1 amide bonds. The van der Waals surface area contributed by atoms with Crippen molar-refractivity contribution in [2.24, 2.45) is 0 Å². The van der Waals surface area contributed by atoms with E-state index in [1.165, 1.54) is 11.8 Å². The molecule has 3 rings (SSSR count). The predicted octanol–water partition coefficient (Wildman–Crippen LogP) is 3.80. The van der Waals surface area contributed by atoms with E-state index in [0.717, 1.165) is 24.2 Å². The minimum atomic E-state index is -3.44. The van der Waals surface area contributed by atoms with Crippen LogP contribution in [0.25, 0.3) is 0 Å². The van der Waals surface area contributed by atoms with Gasteiger partial charge in [-0.1, -0.05) is 18.0 Å². The van der Waals surface area contributed by atoms with Gasteiger partial charge in [-0.25, -0.2) is 8.42 Å². The number of piperidine rings is 1. The quantitative estimate of drug-likeness (QED) is 0.447. The largest absolute Gasteiger partial charge is 0.492 e. The van der Waals surface area contributed by atoms with Crippen LogP contribution in [0, 0.1) is 0 Å². The van der Waals surface area contributed by atoms with E-state index in [4.69, 9.17) is 16.3 Å². The van der Waals surface area contributed by atoms with Crippen molar-refractivity contribution in [1.82, 2.24) is 9.62 Å². The van der Waals surface area contributed by atoms with Crippen LogP contribution in [0.5, 0.6) is 5.75 Å². The Morgan fingerprint density at radius 2 is 1.70 bits per heavy atom. The van der Waals surface area contributed by atoms with Gasteiger partial charge in [-0.2, -0.15) is 4.31 Å². The van der Waals surface area contributed by atoms with Crippen molar-refractivity contribution in [2.75, 3.05) is 32.0 Å². The van der Waals surface area contributed by atoms with E-state index in [1.54, 1.807) is 40.7 Å². The van der Waals surface area contributed by atoms with Gasteiger partial charge in [0.2, 0.25) is 15.9 Å². The summed E-state index contributed by atoms with van der Waals surface area (Å²) >= 11 is 7.28. The van der Waals surface area contributed by atoms with Crippen LogP contribution in [0.1, 0.15) is 19.3 Å². The normalized spacial score (nSPS) is 15.0. The van der Waals surface area contributed by atoms with Gasteiger partial charge < -0.3 is 10.1 Å². The molecule has 1 heterocycles. The number of thioether (sulfide) groups is 1. The van der Waals surface area contributed by atoms with E-state index >= 15 is 0 Å². The number of benzene rings is 2. The highest BCUT2D eigenvalue weighted by Crippen LogP contribution is 2.23.